The molecule has 32 nitrogen and oxygen atoms in total. The fourth-order valence-corrected chi connectivity index (χ4v) is 14.8. The van der Waals surface area contributed by atoms with Gasteiger partial charge < -0.3 is 72.6 Å². The molecular weight excluding hydrogens is 1760 g/mol. The average Bonchev–Trinajstić information content (AvgIpc) is 1.60. The largest absolute Gasteiger partial charge is 0.444 e. The first kappa shape index (κ1) is 109. The molecule has 8 aromatic heterocycles. The van der Waals surface area contributed by atoms with Gasteiger partial charge in [0.1, 0.15) is 55.8 Å². The Labute approximate surface area is 795 Å². The minimum absolute atomic E-state index is 0. The molecule has 12 aromatic rings. The molecule has 0 spiro atoms. The molecule has 3 aliphatic rings. The number of allylic oxidation sites excluding steroid dienone is 1. The minimum Gasteiger partial charge on any atom is -0.444 e. The van der Waals surface area contributed by atoms with Gasteiger partial charge in [-0.15, -0.1) is 0 Å². The first-order chi connectivity index (χ1) is 61.8. The zero-order valence-corrected chi connectivity index (χ0v) is 78.0. The smallest absolute Gasteiger partial charge is 0.412 e. The summed E-state index contributed by atoms with van der Waals surface area (Å²) in [7, 11) is 0. The second-order valence-corrected chi connectivity index (χ2v) is 34.0. The van der Waals surface area contributed by atoms with Gasteiger partial charge in [0.05, 0.1) is 24.8 Å². The van der Waals surface area contributed by atoms with Gasteiger partial charge in [0.2, 0.25) is 11.1 Å². The van der Waals surface area contributed by atoms with Crippen LogP contribution in [0.1, 0.15) is 191 Å². The van der Waals surface area contributed by atoms with E-state index in [0.29, 0.717) is 62.7 Å². The predicted octanol–water partition coefficient (Wildman–Crippen LogP) is 20.9. The van der Waals surface area contributed by atoms with Gasteiger partial charge in [-0.25, -0.2) is 34.0 Å². The summed E-state index contributed by atoms with van der Waals surface area (Å²) in [6.45, 7) is 29.5. The van der Waals surface area contributed by atoms with Crippen LogP contribution in [0.2, 0.25) is 15.5 Å². The van der Waals surface area contributed by atoms with Gasteiger partial charge in [0.25, 0.3) is 0 Å². The number of halogens is 4. The van der Waals surface area contributed by atoms with E-state index in [1.807, 2.05) is 144 Å². The van der Waals surface area contributed by atoms with Crippen LogP contribution in [0.5, 0.6) is 0 Å². The number of carbonyl (C=O) groups is 4. The number of amides is 3. The number of aliphatic hydroxyl groups is 3. The number of aromatic nitrogens is 12. The number of nitrogens with two attached hydrogens (primary N) is 2. The molecule has 36 heteroatoms. The number of hydrogen-bond donors (Lipinski definition) is 12. The van der Waals surface area contributed by atoms with Crippen LogP contribution in [-0.4, -0.2) is 166 Å². The lowest BCUT2D eigenvalue weighted by atomic mass is 9.99. The quantitative estimate of drug-likeness (QED) is 0.0122. The Morgan fingerprint density at radius 1 is 0.462 bits per heavy atom. The third-order valence-electron chi connectivity index (χ3n) is 20.5. The number of benzene rings is 4. The number of nitrogen functional groups attached to an aromatic ring is 2. The van der Waals surface area contributed by atoms with Gasteiger partial charge in [-0.3, -0.25) is 20.2 Å². The number of aryl methyl sites for hydroxylation is 4. The van der Waals surface area contributed by atoms with Crippen molar-refractivity contribution in [3.8, 4) is 0 Å². The maximum atomic E-state index is 11.8. The lowest BCUT2D eigenvalue weighted by molar-refractivity contribution is -0.112. The Bertz CT molecular complexity index is 5610. The summed E-state index contributed by atoms with van der Waals surface area (Å²) in [5.74, 6) is 4.01. The Hall–Kier alpha value is -11.9. The van der Waals surface area contributed by atoms with E-state index in [0.717, 1.165) is 187 Å². The number of ether oxygens (including phenoxy) is 2. The van der Waals surface area contributed by atoms with Crippen molar-refractivity contribution >= 4 is 167 Å². The van der Waals surface area contributed by atoms with E-state index in [1.54, 1.807) is 70.0 Å². The Kier molecular flexibility index (Phi) is 44.2. The molecule has 3 aliphatic heterocycles. The van der Waals surface area contributed by atoms with Gasteiger partial charge >= 0.3 is 12.2 Å². The van der Waals surface area contributed by atoms with Gasteiger partial charge in [0.15, 0.2) is 22.6 Å². The van der Waals surface area contributed by atoms with E-state index in [2.05, 4.69) is 110 Å². The van der Waals surface area contributed by atoms with Crippen molar-refractivity contribution in [3.05, 3.63) is 209 Å². The number of piperidine rings is 3. The van der Waals surface area contributed by atoms with Crippen LogP contribution in [0.15, 0.2) is 171 Å². The topological polar surface area (TPSA) is 411 Å². The molecule has 0 unspecified atom stereocenters. The highest BCUT2D eigenvalue weighted by Crippen LogP contribution is 2.34. The predicted molar refractivity (Wildman–Crippen MR) is 539 cm³/mol. The summed E-state index contributed by atoms with van der Waals surface area (Å²) >= 11 is 22.5. The van der Waals surface area contributed by atoms with Gasteiger partial charge in [-0.1, -0.05) is 104 Å². The van der Waals surface area contributed by atoms with Crippen molar-refractivity contribution in [2.24, 2.45) is 0 Å². The highest BCUT2D eigenvalue weighted by atomic mass is 35.5. The Morgan fingerprint density at radius 2 is 0.795 bits per heavy atom. The van der Waals surface area contributed by atoms with Crippen LogP contribution in [-0.2, 0) is 44.7 Å². The number of fused-ring (bicyclic) bond motifs is 4. The van der Waals surface area contributed by atoms with Crippen molar-refractivity contribution < 1.29 is 44.0 Å². The van der Waals surface area contributed by atoms with Crippen molar-refractivity contribution in [1.82, 2.24) is 63.7 Å². The summed E-state index contributed by atoms with van der Waals surface area (Å²) in [5, 5.41) is 67.6. The normalized spacial score (nSPS) is 14.4. The molecule has 132 heavy (non-hydrogen) atoms. The van der Waals surface area contributed by atoms with Gasteiger partial charge in [-0.05, 0) is 265 Å². The van der Waals surface area contributed by atoms with E-state index in [9.17, 15) is 29.4 Å². The number of hydrogen-bond acceptors (Lipinski definition) is 25. The number of anilines is 13. The van der Waals surface area contributed by atoms with Gasteiger partial charge in [0, 0.05) is 143 Å². The monoisotopic (exact) mass is 1890 g/mol. The molecule has 0 aliphatic carbocycles. The summed E-state index contributed by atoms with van der Waals surface area (Å²) in [4.78, 5) is 67.3. The standard InChI is InChI=1S/C24H30N6O2.C21H28N6O.C19H22ClN5O2.C11H16N2O2.C8H7Cl2N3.C7H15NO.C3H3ClO.3CH4/c1-3-17-16-25-30-22(26-18-8-10-19(11-9-18)27-23(32)4-2)15-21(28-24(17)30)29-13-6-5-7-20(29)12-14-31;1-2-15-14-23-27-20(24-17-8-6-16(22)7-9-17)13-19(25-21(15)27)26-11-4-3-5-18(26)10-12-28;1-5-12-11-21-25-16(10-15(20)24-17(12)25)22-13-6-8-14(9-7-13)23-18(26)27-19(2,3)4;1-11(2,3)15-10(14)13-9-6-4-8(12)5-7-9;1-2-5-4-11-13-7(10)3-6(9)12-8(5)13;9-6-4-7-3-1-2-5-8-7;1-2-3(4)5;;;/h4,8-11,15-16,20,26,31H,2-3,5-7,12-14H2,1H3,(H,27,32);6-9,13-14,18,24,28H,2-5,10-12,22H2,1H3;6-11,22H,5H2,1-4H3,(H,23,26);4-7H,12H2,1-3H3,(H,13,14);3-4H,2H2,1H3;7-9H,1-6H2;2H,1H2;3*1H4/t20-;18-;;;;7-;;;;/m00...0..../s1. The molecule has 3 amide bonds. The zero-order valence-electron chi connectivity index (χ0n) is 74.9. The second kappa shape index (κ2) is 53.6. The summed E-state index contributed by atoms with van der Waals surface area (Å²) in [6, 6.07) is 37.9. The zero-order chi connectivity index (χ0) is 93.3. The molecule has 3 saturated heterocycles. The minimum atomic E-state index is -0.543. The van der Waals surface area contributed by atoms with Crippen LogP contribution in [0.25, 0.3) is 22.6 Å². The molecular formula is C96H133Cl4N23O9. The molecule has 4 aromatic carbocycles. The maximum absolute atomic E-state index is 11.8. The highest BCUT2D eigenvalue weighted by Gasteiger charge is 2.28. The summed E-state index contributed by atoms with van der Waals surface area (Å²) in [6.07, 6.45) is 25.2. The lowest BCUT2D eigenvalue weighted by Crippen LogP contribution is -2.40. The number of nitrogens with one attached hydrogen (secondary N) is 7. The Balaban J connectivity index is 0.000000249. The van der Waals surface area contributed by atoms with Crippen LogP contribution >= 0.6 is 46.4 Å². The van der Waals surface area contributed by atoms with Crippen molar-refractivity contribution in [2.75, 3.05) is 92.6 Å². The van der Waals surface area contributed by atoms with Crippen LogP contribution in [0.3, 0.4) is 0 Å². The Morgan fingerprint density at radius 3 is 1.15 bits per heavy atom. The third-order valence-corrected chi connectivity index (χ3v) is 21.4. The molecule has 0 bridgehead atoms. The summed E-state index contributed by atoms with van der Waals surface area (Å²) in [5.41, 5.74) is 23.8. The molecule has 3 atom stereocenters. The molecule has 14 N–H and O–H groups in total. The van der Waals surface area contributed by atoms with E-state index >= 15 is 0 Å². The SMILES string of the molecule is C.C.C.C=CC(=O)Cl.C=CC(=O)Nc1ccc(Nc2cc(N3CCCC[C@H]3CCO)nc3c(CC)cnn23)cc1.CC(C)(C)OC(=O)Nc1ccc(N)cc1.CCc1cnn2c(Cl)cc(Cl)nc12.CCc1cnn2c(Nc3ccc(N)cc3)cc(N3CCCC[C@H]3CCO)nc12.CCc1cnn2c(Nc3ccc(NC(=O)OC(C)(C)C)cc3)cc(Cl)nc12.OCC[C@@H]1CCCCN1. The van der Waals surface area contributed by atoms with Crippen molar-refractivity contribution in [2.45, 2.75) is 224 Å². The first-order valence-corrected chi connectivity index (χ1v) is 44.9. The molecule has 3 fully saturated rings. The second-order valence-electron chi connectivity index (χ2n) is 32.5. The number of rotatable bonds is 23. The molecule has 15 rings (SSSR count). The molecule has 0 radical (unpaired) electrons. The van der Waals surface area contributed by atoms with Gasteiger partial charge in [-0.2, -0.15) is 33.9 Å². The fourth-order valence-electron chi connectivity index (χ4n) is 14.2. The number of aliphatic hydroxyl groups excluding tert-OH is 3. The van der Waals surface area contributed by atoms with Crippen LogP contribution in [0.4, 0.5) is 84.2 Å². The average molecular weight is 1900 g/mol. The molecule has 0 saturated carbocycles. The van der Waals surface area contributed by atoms with Crippen LogP contribution < -0.4 is 58.5 Å². The molecule has 11 heterocycles. The summed E-state index contributed by atoms with van der Waals surface area (Å²) < 4.78 is 17.3. The number of carbonyl (C=O) groups excluding carboxylic acids is 4. The highest BCUT2D eigenvalue weighted by molar-refractivity contribution is 6.66. The lowest BCUT2D eigenvalue weighted by Gasteiger charge is -2.36. The molecule has 714 valence electrons. The fraction of sp³-hybridized carbons (Fsp3) is 0.417. The van der Waals surface area contributed by atoms with E-state index < -0.39 is 28.6 Å². The maximum Gasteiger partial charge on any atom is 0.412 e. The van der Waals surface area contributed by atoms with Crippen molar-refractivity contribution in [1.29, 1.82) is 0 Å². The van der Waals surface area contributed by atoms with Crippen LogP contribution in [0, 0.1) is 0 Å². The van der Waals surface area contributed by atoms with E-state index in [4.69, 9.17) is 82.4 Å². The van der Waals surface area contributed by atoms with E-state index in [-0.39, 0.29) is 47.4 Å². The van der Waals surface area contributed by atoms with E-state index in [1.165, 1.54) is 38.2 Å². The van der Waals surface area contributed by atoms with Crippen molar-refractivity contribution in [3.63, 3.8) is 0 Å². The third kappa shape index (κ3) is 33.1. The number of nitrogens with zero attached hydrogens (tertiary/aromatic N) is 14. The first-order valence-electron chi connectivity index (χ1n) is 43.4.